The predicted octanol–water partition coefficient (Wildman–Crippen LogP) is 6.39. The lowest BCUT2D eigenvalue weighted by molar-refractivity contribution is 0.878. The molecule has 0 aliphatic rings. The lowest BCUT2D eigenvalue weighted by atomic mass is 9.92. The third kappa shape index (κ3) is 2.49. The van der Waals surface area contributed by atoms with E-state index in [4.69, 9.17) is 0 Å². The fourth-order valence-electron chi connectivity index (χ4n) is 2.56. The molecule has 0 atom stereocenters. The lowest BCUT2D eigenvalue weighted by Gasteiger charge is -2.13. The molecule has 0 spiro atoms. The van der Waals surface area contributed by atoms with Gasteiger partial charge >= 0.3 is 0 Å². The summed E-state index contributed by atoms with van der Waals surface area (Å²) in [6.45, 7) is 4.52. The Kier molecular flexibility index (Phi) is 4.72. The summed E-state index contributed by atoms with van der Waals surface area (Å²) in [6.07, 6.45) is 0. The van der Waals surface area contributed by atoms with E-state index in [1.807, 2.05) is 0 Å². The molecule has 3 rings (SSSR count). The van der Waals surface area contributed by atoms with E-state index in [9.17, 15) is 0 Å². The second-order valence-electron chi connectivity index (χ2n) is 4.89. The molecular formula is C19H24. The first-order valence-corrected chi connectivity index (χ1v) is 6.18. The van der Waals surface area contributed by atoms with E-state index in [-0.39, 0.29) is 14.9 Å². The summed E-state index contributed by atoms with van der Waals surface area (Å²) >= 11 is 0. The number of hydrogen-bond acceptors (Lipinski definition) is 0. The highest BCUT2D eigenvalue weighted by atomic mass is 14.1. The molecule has 0 aliphatic heterocycles. The van der Waals surface area contributed by atoms with E-state index in [1.165, 1.54) is 27.1 Å². The van der Waals surface area contributed by atoms with Crippen molar-refractivity contribution in [3.63, 3.8) is 0 Å². The molecule has 0 saturated heterocycles. The minimum atomic E-state index is 0. The third-order valence-electron chi connectivity index (χ3n) is 3.42. The van der Waals surface area contributed by atoms with E-state index in [0.717, 1.165) is 0 Å². The molecule has 0 N–H and O–H groups in total. The Hall–Kier alpha value is -1.82. The lowest BCUT2D eigenvalue weighted by Crippen LogP contribution is -1.90. The Labute approximate surface area is 117 Å². The van der Waals surface area contributed by atoms with Gasteiger partial charge in [0.25, 0.3) is 0 Å². The summed E-state index contributed by atoms with van der Waals surface area (Å²) in [4.78, 5) is 0. The van der Waals surface area contributed by atoms with Crippen molar-refractivity contribution in [1.29, 1.82) is 0 Å². The van der Waals surface area contributed by atoms with Crippen LogP contribution in [0.4, 0.5) is 0 Å². The molecular weight excluding hydrogens is 228 g/mol. The standard InChI is InChI=1S/C17H16.2CH4/c1-12(2)17-11-13-7-3-4-8-14(13)15-9-5-6-10-16(15)17;;/h3-12H,1-2H3;2*1H4. The monoisotopic (exact) mass is 252 g/mol. The SMILES string of the molecule is C.C.CC(C)c1cc2ccccc2c2ccccc12. The number of benzene rings is 3. The summed E-state index contributed by atoms with van der Waals surface area (Å²) < 4.78 is 0. The maximum atomic E-state index is 2.34. The largest absolute Gasteiger partial charge is 0.0776 e. The van der Waals surface area contributed by atoms with Crippen molar-refractivity contribution >= 4 is 21.5 Å². The second kappa shape index (κ2) is 5.88. The highest BCUT2D eigenvalue weighted by Crippen LogP contribution is 2.32. The topological polar surface area (TPSA) is 0 Å². The maximum Gasteiger partial charge on any atom is -0.0103 e. The minimum absolute atomic E-state index is 0. The van der Waals surface area contributed by atoms with Gasteiger partial charge < -0.3 is 0 Å². The van der Waals surface area contributed by atoms with Crippen molar-refractivity contribution in [1.82, 2.24) is 0 Å². The molecule has 0 saturated carbocycles. The van der Waals surface area contributed by atoms with Crippen LogP contribution >= 0.6 is 0 Å². The molecule has 0 fully saturated rings. The zero-order valence-electron chi connectivity index (χ0n) is 10.3. The molecule has 19 heavy (non-hydrogen) atoms. The summed E-state index contributed by atoms with van der Waals surface area (Å²) in [5.74, 6) is 0.560. The smallest absolute Gasteiger partial charge is 0.0103 e. The Morgan fingerprint density at radius 2 is 1.21 bits per heavy atom. The van der Waals surface area contributed by atoms with Gasteiger partial charge in [0.1, 0.15) is 0 Å². The average Bonchev–Trinajstić information content (AvgIpc) is 2.37. The van der Waals surface area contributed by atoms with E-state index in [1.54, 1.807) is 0 Å². The van der Waals surface area contributed by atoms with Crippen molar-refractivity contribution in [2.24, 2.45) is 0 Å². The zero-order chi connectivity index (χ0) is 11.8. The van der Waals surface area contributed by atoms with Crippen LogP contribution in [0.3, 0.4) is 0 Å². The van der Waals surface area contributed by atoms with Gasteiger partial charge in [0, 0.05) is 0 Å². The molecule has 0 bridgehead atoms. The average molecular weight is 252 g/mol. The van der Waals surface area contributed by atoms with Gasteiger partial charge in [-0.3, -0.25) is 0 Å². The molecule has 3 aromatic carbocycles. The molecule has 0 heteroatoms. The molecule has 0 aromatic heterocycles. The zero-order valence-corrected chi connectivity index (χ0v) is 10.3. The summed E-state index contributed by atoms with van der Waals surface area (Å²) in [7, 11) is 0. The predicted molar refractivity (Wildman–Crippen MR) is 89.0 cm³/mol. The highest BCUT2D eigenvalue weighted by molar-refractivity contribution is 6.09. The highest BCUT2D eigenvalue weighted by Gasteiger charge is 2.08. The summed E-state index contributed by atoms with van der Waals surface area (Å²) in [6, 6.07) is 19.7. The molecule has 0 heterocycles. The Bertz CT molecular complexity index is 678. The Morgan fingerprint density at radius 1 is 0.684 bits per heavy atom. The molecule has 0 nitrogen and oxygen atoms in total. The first-order valence-electron chi connectivity index (χ1n) is 6.18. The van der Waals surface area contributed by atoms with Crippen molar-refractivity contribution in [3.05, 3.63) is 60.2 Å². The normalized spacial score (nSPS) is 10.3. The summed E-state index contributed by atoms with van der Waals surface area (Å²) in [5, 5.41) is 5.46. The van der Waals surface area contributed by atoms with Crippen LogP contribution in [-0.4, -0.2) is 0 Å². The number of rotatable bonds is 1. The fourth-order valence-corrected chi connectivity index (χ4v) is 2.56. The van der Waals surface area contributed by atoms with E-state index < -0.39 is 0 Å². The maximum absolute atomic E-state index is 2.34. The van der Waals surface area contributed by atoms with Crippen LogP contribution in [-0.2, 0) is 0 Å². The van der Waals surface area contributed by atoms with Crippen molar-refractivity contribution in [2.45, 2.75) is 34.6 Å². The van der Waals surface area contributed by atoms with Crippen LogP contribution < -0.4 is 0 Å². The fraction of sp³-hybridized carbons (Fsp3) is 0.263. The Balaban J connectivity index is 0.000000902. The molecule has 100 valence electrons. The molecule has 0 radical (unpaired) electrons. The molecule has 0 amide bonds. The Morgan fingerprint density at radius 3 is 1.84 bits per heavy atom. The van der Waals surface area contributed by atoms with Gasteiger partial charge in [-0.15, -0.1) is 0 Å². The van der Waals surface area contributed by atoms with E-state index >= 15 is 0 Å². The van der Waals surface area contributed by atoms with Crippen molar-refractivity contribution in [2.75, 3.05) is 0 Å². The second-order valence-corrected chi connectivity index (χ2v) is 4.89. The van der Waals surface area contributed by atoms with Crippen LogP contribution in [0.1, 0.15) is 40.2 Å². The number of hydrogen-bond donors (Lipinski definition) is 0. The van der Waals surface area contributed by atoms with E-state index in [0.29, 0.717) is 5.92 Å². The van der Waals surface area contributed by atoms with Crippen LogP contribution in [0.2, 0.25) is 0 Å². The van der Waals surface area contributed by atoms with Gasteiger partial charge in [-0.1, -0.05) is 83.3 Å². The van der Waals surface area contributed by atoms with Gasteiger partial charge in [0.2, 0.25) is 0 Å². The van der Waals surface area contributed by atoms with Crippen molar-refractivity contribution in [3.8, 4) is 0 Å². The third-order valence-corrected chi connectivity index (χ3v) is 3.42. The van der Waals surface area contributed by atoms with E-state index in [2.05, 4.69) is 68.4 Å². The molecule has 3 aromatic rings. The minimum Gasteiger partial charge on any atom is -0.0776 e. The molecule has 0 aliphatic carbocycles. The van der Waals surface area contributed by atoms with Gasteiger partial charge in [-0.05, 0) is 33.0 Å². The first kappa shape index (κ1) is 15.2. The summed E-state index contributed by atoms with van der Waals surface area (Å²) in [5.41, 5.74) is 1.44. The van der Waals surface area contributed by atoms with Crippen LogP contribution in [0.25, 0.3) is 21.5 Å². The van der Waals surface area contributed by atoms with Crippen LogP contribution in [0, 0.1) is 0 Å². The van der Waals surface area contributed by atoms with Gasteiger partial charge in [0.15, 0.2) is 0 Å². The first-order chi connectivity index (χ1) is 8.27. The van der Waals surface area contributed by atoms with Gasteiger partial charge in [-0.25, -0.2) is 0 Å². The van der Waals surface area contributed by atoms with Gasteiger partial charge in [0.05, 0.1) is 0 Å². The van der Waals surface area contributed by atoms with Crippen LogP contribution in [0.5, 0.6) is 0 Å². The quantitative estimate of drug-likeness (QED) is 0.440. The van der Waals surface area contributed by atoms with Gasteiger partial charge in [-0.2, -0.15) is 0 Å². The van der Waals surface area contributed by atoms with Crippen LogP contribution in [0.15, 0.2) is 54.6 Å². The number of fused-ring (bicyclic) bond motifs is 3. The molecule has 0 unspecified atom stereocenters. The van der Waals surface area contributed by atoms with Crippen molar-refractivity contribution < 1.29 is 0 Å².